The van der Waals surface area contributed by atoms with Crippen molar-refractivity contribution in [1.82, 2.24) is 0 Å². The predicted molar refractivity (Wildman–Crippen MR) is 72.1 cm³/mol. The molecule has 0 aromatic heterocycles. The van der Waals surface area contributed by atoms with E-state index in [4.69, 9.17) is 0 Å². The summed E-state index contributed by atoms with van der Waals surface area (Å²) in [5.41, 5.74) is 4.43. The third-order valence-electron chi connectivity index (χ3n) is 4.48. The molecule has 0 radical (unpaired) electrons. The average Bonchev–Trinajstić information content (AvgIpc) is 2.18. The summed E-state index contributed by atoms with van der Waals surface area (Å²) in [4.78, 5) is 0. The van der Waals surface area contributed by atoms with Crippen molar-refractivity contribution in [2.45, 2.75) is 53.1 Å². The van der Waals surface area contributed by atoms with E-state index in [0.717, 1.165) is 18.4 Å². The highest BCUT2D eigenvalue weighted by Crippen LogP contribution is 2.49. The molecule has 0 amide bonds. The van der Waals surface area contributed by atoms with Gasteiger partial charge in [-0.2, -0.15) is 0 Å². The minimum Gasteiger partial charge on any atom is -0.385 e. The zero-order valence-corrected chi connectivity index (χ0v) is 11.7. The maximum absolute atomic E-state index is 10.7. The van der Waals surface area contributed by atoms with Crippen LogP contribution in [-0.2, 0) is 5.60 Å². The van der Waals surface area contributed by atoms with E-state index in [2.05, 4.69) is 46.8 Å². The summed E-state index contributed by atoms with van der Waals surface area (Å²) >= 11 is 0. The summed E-state index contributed by atoms with van der Waals surface area (Å²) < 4.78 is 0. The highest BCUT2D eigenvalue weighted by Gasteiger charge is 2.45. The molecule has 17 heavy (non-hydrogen) atoms. The highest BCUT2D eigenvalue weighted by molar-refractivity contribution is 5.40. The molecule has 1 aromatic carbocycles. The minimum absolute atomic E-state index is 0.558. The molecule has 1 heteroatoms. The average molecular weight is 232 g/mol. The van der Waals surface area contributed by atoms with Crippen LogP contribution in [-0.4, -0.2) is 5.11 Å². The first-order valence-corrected chi connectivity index (χ1v) is 6.64. The number of rotatable bonds is 2. The van der Waals surface area contributed by atoms with Gasteiger partial charge in [0.25, 0.3) is 0 Å². The lowest BCUT2D eigenvalue weighted by Crippen LogP contribution is -2.43. The van der Waals surface area contributed by atoms with Crippen LogP contribution in [0.1, 0.15) is 48.9 Å². The fraction of sp³-hybridized carbons (Fsp3) is 0.625. The molecule has 0 spiro atoms. The monoisotopic (exact) mass is 232 g/mol. The van der Waals surface area contributed by atoms with Gasteiger partial charge in [-0.15, -0.1) is 0 Å². The van der Waals surface area contributed by atoms with Crippen molar-refractivity contribution < 1.29 is 5.11 Å². The molecule has 0 bridgehead atoms. The van der Waals surface area contributed by atoms with E-state index in [1.807, 2.05) is 0 Å². The van der Waals surface area contributed by atoms with Crippen molar-refractivity contribution in [2.24, 2.45) is 11.8 Å². The molecule has 1 aromatic rings. The Kier molecular flexibility index (Phi) is 3.07. The standard InChI is InChI=1S/C16H24O/c1-10(2)14-8-16(17,9-14)15-7-12(4)11(3)6-13(15)5/h6-7,10,14,17H,8-9H2,1-5H3. The second-order valence-corrected chi connectivity index (χ2v) is 6.20. The molecule has 0 saturated heterocycles. The van der Waals surface area contributed by atoms with Crippen molar-refractivity contribution >= 4 is 0 Å². The van der Waals surface area contributed by atoms with Gasteiger partial charge < -0.3 is 5.11 Å². The van der Waals surface area contributed by atoms with E-state index in [1.54, 1.807) is 0 Å². The van der Waals surface area contributed by atoms with Crippen LogP contribution in [0.15, 0.2) is 12.1 Å². The van der Waals surface area contributed by atoms with Gasteiger partial charge in [-0.05, 0) is 67.7 Å². The summed E-state index contributed by atoms with van der Waals surface area (Å²) in [6.45, 7) is 10.9. The number of aliphatic hydroxyl groups is 1. The zero-order chi connectivity index (χ0) is 12.8. The zero-order valence-electron chi connectivity index (χ0n) is 11.7. The van der Waals surface area contributed by atoms with Gasteiger partial charge in [0, 0.05) is 0 Å². The van der Waals surface area contributed by atoms with Gasteiger partial charge in [0.2, 0.25) is 0 Å². The van der Waals surface area contributed by atoms with Crippen LogP contribution in [0.25, 0.3) is 0 Å². The smallest absolute Gasteiger partial charge is 0.0904 e. The van der Waals surface area contributed by atoms with Crippen LogP contribution in [0.4, 0.5) is 0 Å². The van der Waals surface area contributed by atoms with Gasteiger partial charge in [0.05, 0.1) is 5.60 Å². The first-order chi connectivity index (χ1) is 7.83. The Bertz CT molecular complexity index is 425. The van der Waals surface area contributed by atoms with E-state index < -0.39 is 5.60 Å². The largest absolute Gasteiger partial charge is 0.385 e. The lowest BCUT2D eigenvalue weighted by molar-refractivity contribution is -0.0938. The summed E-state index contributed by atoms with van der Waals surface area (Å²) in [6.07, 6.45) is 1.85. The normalized spacial score (nSPS) is 28.3. The topological polar surface area (TPSA) is 20.2 Å². The highest BCUT2D eigenvalue weighted by atomic mass is 16.3. The Morgan fingerprint density at radius 3 is 2.12 bits per heavy atom. The van der Waals surface area contributed by atoms with E-state index in [-0.39, 0.29) is 0 Å². The van der Waals surface area contributed by atoms with Gasteiger partial charge in [-0.25, -0.2) is 0 Å². The van der Waals surface area contributed by atoms with Gasteiger partial charge in [-0.3, -0.25) is 0 Å². The number of hydrogen-bond donors (Lipinski definition) is 1. The molecule has 0 atom stereocenters. The fourth-order valence-corrected chi connectivity index (χ4v) is 2.96. The van der Waals surface area contributed by atoms with Crippen LogP contribution in [0, 0.1) is 32.6 Å². The van der Waals surface area contributed by atoms with Crippen molar-refractivity contribution in [1.29, 1.82) is 0 Å². The quantitative estimate of drug-likeness (QED) is 0.820. The van der Waals surface area contributed by atoms with Gasteiger partial charge in [0.1, 0.15) is 0 Å². The summed E-state index contributed by atoms with van der Waals surface area (Å²) in [6, 6.07) is 4.38. The third kappa shape index (κ3) is 2.13. The van der Waals surface area contributed by atoms with Crippen LogP contribution >= 0.6 is 0 Å². The summed E-state index contributed by atoms with van der Waals surface area (Å²) in [5.74, 6) is 1.36. The second-order valence-electron chi connectivity index (χ2n) is 6.20. The molecule has 1 aliphatic carbocycles. The Hall–Kier alpha value is -0.820. The second kappa shape index (κ2) is 4.13. The number of aryl methyl sites for hydroxylation is 3. The molecule has 2 rings (SSSR count). The predicted octanol–water partition coefficient (Wildman–Crippen LogP) is 3.87. The molecule has 0 heterocycles. The van der Waals surface area contributed by atoms with Crippen LogP contribution in [0.5, 0.6) is 0 Å². The van der Waals surface area contributed by atoms with E-state index in [9.17, 15) is 5.11 Å². The van der Waals surface area contributed by atoms with Crippen LogP contribution in [0.3, 0.4) is 0 Å². The fourth-order valence-electron chi connectivity index (χ4n) is 2.96. The molecular formula is C16H24O. The maximum atomic E-state index is 10.7. The molecule has 94 valence electrons. The maximum Gasteiger partial charge on any atom is 0.0904 e. The molecular weight excluding hydrogens is 208 g/mol. The minimum atomic E-state index is -0.558. The number of hydrogen-bond acceptors (Lipinski definition) is 1. The summed E-state index contributed by atoms with van der Waals surface area (Å²) in [5, 5.41) is 10.7. The molecule has 1 saturated carbocycles. The molecule has 0 aliphatic heterocycles. The molecule has 1 N–H and O–H groups in total. The molecule has 1 aliphatic rings. The van der Waals surface area contributed by atoms with Gasteiger partial charge >= 0.3 is 0 Å². The van der Waals surface area contributed by atoms with Gasteiger partial charge in [0.15, 0.2) is 0 Å². The first kappa shape index (κ1) is 12.6. The van der Waals surface area contributed by atoms with Crippen molar-refractivity contribution in [3.63, 3.8) is 0 Å². The molecule has 0 unspecified atom stereocenters. The van der Waals surface area contributed by atoms with Crippen molar-refractivity contribution in [3.8, 4) is 0 Å². The Morgan fingerprint density at radius 1 is 1.06 bits per heavy atom. The Morgan fingerprint density at radius 2 is 1.59 bits per heavy atom. The van der Waals surface area contributed by atoms with E-state index in [1.165, 1.54) is 16.7 Å². The summed E-state index contributed by atoms with van der Waals surface area (Å²) in [7, 11) is 0. The third-order valence-corrected chi connectivity index (χ3v) is 4.48. The van der Waals surface area contributed by atoms with E-state index >= 15 is 0 Å². The van der Waals surface area contributed by atoms with Crippen LogP contribution < -0.4 is 0 Å². The lowest BCUT2D eigenvalue weighted by atomic mass is 9.62. The number of benzene rings is 1. The Balaban J connectivity index is 2.27. The lowest BCUT2D eigenvalue weighted by Gasteiger charge is -2.47. The SMILES string of the molecule is Cc1cc(C)c(C2(O)CC(C(C)C)C2)cc1C. The van der Waals surface area contributed by atoms with Crippen molar-refractivity contribution in [2.75, 3.05) is 0 Å². The van der Waals surface area contributed by atoms with Crippen molar-refractivity contribution in [3.05, 3.63) is 34.4 Å². The van der Waals surface area contributed by atoms with E-state index in [0.29, 0.717) is 11.8 Å². The molecule has 1 nitrogen and oxygen atoms in total. The Labute approximate surface area is 105 Å². The molecule has 1 fully saturated rings. The van der Waals surface area contributed by atoms with Gasteiger partial charge in [-0.1, -0.05) is 26.0 Å². The first-order valence-electron chi connectivity index (χ1n) is 6.64. The van der Waals surface area contributed by atoms with Crippen LogP contribution in [0.2, 0.25) is 0 Å².